The summed E-state index contributed by atoms with van der Waals surface area (Å²) in [4.78, 5) is 12.5. The first-order valence-corrected chi connectivity index (χ1v) is 9.34. The van der Waals surface area contributed by atoms with Gasteiger partial charge in [0.2, 0.25) is 0 Å². The normalized spacial score (nSPS) is 11.6. The molecule has 0 atom stereocenters. The van der Waals surface area contributed by atoms with Crippen molar-refractivity contribution in [2.24, 2.45) is 4.99 Å². The molecule has 1 N–H and O–H groups in total. The number of pyridine rings is 1. The molecule has 0 aliphatic rings. The number of thiophene rings is 1. The Kier molecular flexibility index (Phi) is 7.05. The zero-order valence-electron chi connectivity index (χ0n) is 13.8. The van der Waals surface area contributed by atoms with E-state index in [9.17, 15) is 0 Å². The smallest absolute Gasteiger partial charge is 0.193 e. The Balaban J connectivity index is 1.94. The Labute approximate surface area is 150 Å². The van der Waals surface area contributed by atoms with Gasteiger partial charge in [-0.3, -0.25) is 9.98 Å². The molecule has 2 aromatic rings. The summed E-state index contributed by atoms with van der Waals surface area (Å²) in [6.07, 6.45) is 2.84. The molecule has 6 heteroatoms. The van der Waals surface area contributed by atoms with Gasteiger partial charge in [0.1, 0.15) is 0 Å². The molecular weight excluding hydrogens is 372 g/mol. The number of halogens is 1. The van der Waals surface area contributed by atoms with Crippen molar-refractivity contribution in [3.63, 3.8) is 0 Å². The molecule has 2 rings (SSSR count). The maximum Gasteiger partial charge on any atom is 0.193 e. The number of guanidine groups is 1. The highest BCUT2D eigenvalue weighted by Crippen LogP contribution is 2.22. The first-order valence-electron chi connectivity index (χ1n) is 7.73. The van der Waals surface area contributed by atoms with Gasteiger partial charge in [-0.25, -0.2) is 0 Å². The Morgan fingerprint density at radius 2 is 2.17 bits per heavy atom. The molecule has 0 saturated heterocycles. The van der Waals surface area contributed by atoms with Crippen LogP contribution in [0.5, 0.6) is 0 Å². The maximum atomic E-state index is 4.73. The van der Waals surface area contributed by atoms with Gasteiger partial charge in [-0.15, -0.1) is 11.3 Å². The average Bonchev–Trinajstić information content (AvgIpc) is 2.93. The molecule has 2 aromatic heterocycles. The van der Waals surface area contributed by atoms with E-state index in [1.54, 1.807) is 11.3 Å². The van der Waals surface area contributed by atoms with Crippen molar-refractivity contribution < 1.29 is 0 Å². The molecule has 0 aromatic carbocycles. The third kappa shape index (κ3) is 5.95. The Morgan fingerprint density at radius 3 is 2.78 bits per heavy atom. The molecule has 0 aliphatic heterocycles. The summed E-state index contributed by atoms with van der Waals surface area (Å²) in [5.74, 6) is 0.942. The molecule has 0 radical (unpaired) electrons. The summed E-state index contributed by atoms with van der Waals surface area (Å²) >= 11 is 5.27. The predicted molar refractivity (Wildman–Crippen MR) is 102 cm³/mol. The molecule has 0 aliphatic carbocycles. The first kappa shape index (κ1) is 17.9. The summed E-state index contributed by atoms with van der Waals surface area (Å²) in [6.45, 7) is 6.57. The van der Waals surface area contributed by atoms with Crippen LogP contribution < -0.4 is 5.32 Å². The summed E-state index contributed by atoms with van der Waals surface area (Å²) in [6, 6.07) is 8.40. The zero-order valence-corrected chi connectivity index (χ0v) is 16.2. The summed E-state index contributed by atoms with van der Waals surface area (Å²) in [5.41, 5.74) is 2.27. The van der Waals surface area contributed by atoms with Gasteiger partial charge in [-0.05, 0) is 60.0 Å². The molecule has 2 heterocycles. The minimum absolute atomic E-state index is 0.756. The van der Waals surface area contributed by atoms with Crippen LogP contribution in [0.15, 0.2) is 39.2 Å². The number of aliphatic imine (C=N–C) groups is 1. The highest BCUT2D eigenvalue weighted by molar-refractivity contribution is 9.11. The first-order chi connectivity index (χ1) is 11.1. The molecule has 0 bridgehead atoms. The number of hydrogen-bond acceptors (Lipinski definition) is 3. The quantitative estimate of drug-likeness (QED) is 0.597. The molecule has 4 nitrogen and oxygen atoms in total. The van der Waals surface area contributed by atoms with Crippen molar-refractivity contribution in [3.05, 3.63) is 50.4 Å². The lowest BCUT2D eigenvalue weighted by Gasteiger charge is -2.21. The monoisotopic (exact) mass is 394 g/mol. The van der Waals surface area contributed by atoms with Crippen molar-refractivity contribution in [2.45, 2.75) is 26.8 Å². The van der Waals surface area contributed by atoms with E-state index in [0.717, 1.165) is 41.5 Å². The minimum atomic E-state index is 0.756. The summed E-state index contributed by atoms with van der Waals surface area (Å²) in [5, 5.41) is 3.36. The highest BCUT2D eigenvalue weighted by Gasteiger charge is 2.08. The summed E-state index contributed by atoms with van der Waals surface area (Å²) in [7, 11) is 2.07. The number of nitrogens with one attached hydrogen (secondary N) is 1. The van der Waals surface area contributed by atoms with Crippen LogP contribution in [-0.4, -0.2) is 36.0 Å². The number of aromatic nitrogens is 1. The van der Waals surface area contributed by atoms with Gasteiger partial charge in [0.05, 0.1) is 10.3 Å². The van der Waals surface area contributed by atoms with Crippen LogP contribution in [0.3, 0.4) is 0 Å². The second-order valence-electron chi connectivity index (χ2n) is 5.36. The Morgan fingerprint density at radius 1 is 1.35 bits per heavy atom. The second kappa shape index (κ2) is 9.03. The Hall–Kier alpha value is -1.40. The lowest BCUT2D eigenvalue weighted by molar-refractivity contribution is 0.481. The van der Waals surface area contributed by atoms with E-state index in [0.29, 0.717) is 0 Å². The largest absolute Gasteiger partial charge is 0.357 e. The molecule has 0 fully saturated rings. The van der Waals surface area contributed by atoms with Crippen LogP contribution >= 0.6 is 27.3 Å². The third-order valence-electron chi connectivity index (χ3n) is 3.35. The van der Waals surface area contributed by atoms with Gasteiger partial charge in [0, 0.05) is 36.9 Å². The van der Waals surface area contributed by atoms with Crippen molar-refractivity contribution in [1.29, 1.82) is 0 Å². The van der Waals surface area contributed by atoms with E-state index in [1.807, 2.05) is 19.2 Å². The van der Waals surface area contributed by atoms with E-state index in [4.69, 9.17) is 4.99 Å². The topological polar surface area (TPSA) is 40.5 Å². The van der Waals surface area contributed by atoms with E-state index >= 15 is 0 Å². The standard InChI is InChI=1S/C17H23BrN4S/c1-4-19-17(22(3)12-15-7-8-16(18)23-15)20-10-9-14-6-5-13(2)21-11-14/h5-8,11H,4,9-10,12H2,1-3H3,(H,19,20). The van der Waals surface area contributed by atoms with E-state index in [2.05, 4.69) is 63.3 Å². The number of rotatable bonds is 6. The van der Waals surface area contributed by atoms with Crippen molar-refractivity contribution >= 4 is 33.2 Å². The van der Waals surface area contributed by atoms with Crippen molar-refractivity contribution in [1.82, 2.24) is 15.2 Å². The SMILES string of the molecule is CCNC(=NCCc1ccc(C)nc1)N(C)Cc1ccc(Br)s1. The number of nitrogens with zero attached hydrogens (tertiary/aromatic N) is 3. The molecule has 0 amide bonds. The molecule has 124 valence electrons. The highest BCUT2D eigenvalue weighted by atomic mass is 79.9. The predicted octanol–water partition coefficient (Wildman–Crippen LogP) is 3.85. The van der Waals surface area contributed by atoms with Crippen LogP contribution in [0.2, 0.25) is 0 Å². The van der Waals surface area contributed by atoms with Crippen LogP contribution in [0.4, 0.5) is 0 Å². The third-order valence-corrected chi connectivity index (χ3v) is 4.96. The molecule has 0 spiro atoms. The van der Waals surface area contributed by atoms with Gasteiger partial charge >= 0.3 is 0 Å². The molecule has 0 saturated carbocycles. The maximum absolute atomic E-state index is 4.73. The fourth-order valence-electron chi connectivity index (χ4n) is 2.15. The van der Waals surface area contributed by atoms with E-state index in [1.165, 1.54) is 10.4 Å². The molecule has 23 heavy (non-hydrogen) atoms. The van der Waals surface area contributed by atoms with Gasteiger partial charge in [0.25, 0.3) is 0 Å². The Bertz CT molecular complexity index is 636. The average molecular weight is 395 g/mol. The molecule has 0 unspecified atom stereocenters. The van der Waals surface area contributed by atoms with Crippen LogP contribution in [0.25, 0.3) is 0 Å². The fraction of sp³-hybridized carbons (Fsp3) is 0.412. The number of hydrogen-bond donors (Lipinski definition) is 1. The van der Waals surface area contributed by atoms with Crippen LogP contribution in [0.1, 0.15) is 23.1 Å². The second-order valence-corrected chi connectivity index (χ2v) is 7.90. The lowest BCUT2D eigenvalue weighted by atomic mass is 10.2. The number of aryl methyl sites for hydroxylation is 1. The van der Waals surface area contributed by atoms with Gasteiger partial charge in [-0.1, -0.05) is 6.07 Å². The van der Waals surface area contributed by atoms with Crippen molar-refractivity contribution in [3.8, 4) is 0 Å². The minimum Gasteiger partial charge on any atom is -0.357 e. The summed E-state index contributed by atoms with van der Waals surface area (Å²) < 4.78 is 1.16. The van der Waals surface area contributed by atoms with Gasteiger partial charge in [-0.2, -0.15) is 0 Å². The fourth-order valence-corrected chi connectivity index (χ4v) is 3.69. The van der Waals surface area contributed by atoms with Gasteiger partial charge in [0.15, 0.2) is 5.96 Å². The zero-order chi connectivity index (χ0) is 16.7. The van der Waals surface area contributed by atoms with E-state index in [-0.39, 0.29) is 0 Å². The van der Waals surface area contributed by atoms with Crippen LogP contribution in [0, 0.1) is 6.92 Å². The van der Waals surface area contributed by atoms with Crippen molar-refractivity contribution in [2.75, 3.05) is 20.1 Å². The molecular formula is C17H23BrN4S. The van der Waals surface area contributed by atoms with E-state index < -0.39 is 0 Å². The lowest BCUT2D eigenvalue weighted by Crippen LogP contribution is -2.38. The van der Waals surface area contributed by atoms with Gasteiger partial charge < -0.3 is 10.2 Å². The van der Waals surface area contributed by atoms with Crippen LogP contribution in [-0.2, 0) is 13.0 Å².